The summed E-state index contributed by atoms with van der Waals surface area (Å²) in [6.45, 7) is 2.74. The third-order valence-corrected chi connectivity index (χ3v) is 2.78. The first kappa shape index (κ1) is 10.3. The van der Waals surface area contributed by atoms with Gasteiger partial charge in [0.05, 0.1) is 0 Å². The van der Waals surface area contributed by atoms with Gasteiger partial charge in [-0.15, -0.1) is 0 Å². The normalized spacial score (nSPS) is 20.3. The third kappa shape index (κ3) is 2.25. The molecule has 0 unspecified atom stereocenters. The third-order valence-electron chi connectivity index (χ3n) is 2.78. The molecule has 1 aliphatic heterocycles. The second kappa shape index (κ2) is 3.76. The van der Waals surface area contributed by atoms with Gasteiger partial charge in [-0.3, -0.25) is 0 Å². The number of hydrogen-bond acceptors (Lipinski definition) is 2. The van der Waals surface area contributed by atoms with Crippen molar-refractivity contribution >= 4 is 5.82 Å². The average molecular weight is 212 g/mol. The summed E-state index contributed by atoms with van der Waals surface area (Å²) in [4.78, 5) is 6.17. The molecule has 82 valence electrons. The number of piperidine rings is 1. The van der Waals surface area contributed by atoms with Gasteiger partial charge in [-0.1, -0.05) is 6.07 Å². The van der Waals surface area contributed by atoms with Crippen LogP contribution < -0.4 is 4.90 Å². The van der Waals surface area contributed by atoms with Gasteiger partial charge in [0, 0.05) is 32.1 Å². The van der Waals surface area contributed by atoms with Crippen molar-refractivity contribution in [2.24, 2.45) is 0 Å². The summed E-state index contributed by atoms with van der Waals surface area (Å²) in [5.41, 5.74) is 1.04. The Morgan fingerprint density at radius 1 is 1.33 bits per heavy atom. The SMILES string of the molecule is Cc1cccnc1N1CCC(F)(F)CC1. The Hall–Kier alpha value is -1.19. The fourth-order valence-electron chi connectivity index (χ4n) is 1.85. The Labute approximate surface area is 87.9 Å². The van der Waals surface area contributed by atoms with Gasteiger partial charge >= 0.3 is 0 Å². The number of hydrogen-bond donors (Lipinski definition) is 0. The van der Waals surface area contributed by atoms with Crippen molar-refractivity contribution in [3.63, 3.8) is 0 Å². The number of anilines is 1. The summed E-state index contributed by atoms with van der Waals surface area (Å²) >= 11 is 0. The zero-order valence-electron chi connectivity index (χ0n) is 8.71. The molecule has 0 spiro atoms. The molecule has 15 heavy (non-hydrogen) atoms. The zero-order valence-corrected chi connectivity index (χ0v) is 8.71. The largest absolute Gasteiger partial charge is 0.356 e. The van der Waals surface area contributed by atoms with Gasteiger partial charge in [0.25, 0.3) is 5.92 Å². The molecule has 1 saturated heterocycles. The van der Waals surface area contributed by atoms with E-state index in [-0.39, 0.29) is 12.8 Å². The summed E-state index contributed by atoms with van der Waals surface area (Å²) in [5, 5.41) is 0. The minimum absolute atomic E-state index is 0.0665. The van der Waals surface area contributed by atoms with Crippen LogP contribution in [0.5, 0.6) is 0 Å². The second-order valence-electron chi connectivity index (χ2n) is 3.99. The highest BCUT2D eigenvalue weighted by Gasteiger charge is 2.34. The highest BCUT2D eigenvalue weighted by Crippen LogP contribution is 2.30. The number of aryl methyl sites for hydroxylation is 1. The van der Waals surface area contributed by atoms with Crippen LogP contribution in [0.1, 0.15) is 18.4 Å². The molecule has 0 aromatic carbocycles. The summed E-state index contributed by atoms with van der Waals surface area (Å²) in [6, 6.07) is 3.81. The lowest BCUT2D eigenvalue weighted by atomic mass is 10.1. The predicted octanol–water partition coefficient (Wildman–Crippen LogP) is 2.63. The number of rotatable bonds is 1. The van der Waals surface area contributed by atoms with Crippen LogP contribution in [0.4, 0.5) is 14.6 Å². The van der Waals surface area contributed by atoms with Crippen LogP contribution in [-0.4, -0.2) is 24.0 Å². The average Bonchev–Trinajstić information content (AvgIpc) is 2.19. The van der Waals surface area contributed by atoms with E-state index in [1.807, 2.05) is 24.0 Å². The van der Waals surface area contributed by atoms with E-state index in [1.165, 1.54) is 0 Å². The topological polar surface area (TPSA) is 16.1 Å². The summed E-state index contributed by atoms with van der Waals surface area (Å²) in [5.74, 6) is -1.65. The second-order valence-corrected chi connectivity index (χ2v) is 3.99. The fraction of sp³-hybridized carbons (Fsp3) is 0.545. The van der Waals surface area contributed by atoms with Crippen LogP contribution in [-0.2, 0) is 0 Å². The number of aromatic nitrogens is 1. The quantitative estimate of drug-likeness (QED) is 0.711. The van der Waals surface area contributed by atoms with Crippen molar-refractivity contribution < 1.29 is 8.78 Å². The minimum atomic E-state index is -2.49. The minimum Gasteiger partial charge on any atom is -0.356 e. The van der Waals surface area contributed by atoms with Crippen molar-refractivity contribution in [3.8, 4) is 0 Å². The van der Waals surface area contributed by atoms with E-state index < -0.39 is 5.92 Å². The van der Waals surface area contributed by atoms with Crippen LogP contribution in [0.3, 0.4) is 0 Å². The molecule has 2 heterocycles. The lowest BCUT2D eigenvalue weighted by Crippen LogP contribution is -2.40. The van der Waals surface area contributed by atoms with Crippen molar-refractivity contribution in [2.75, 3.05) is 18.0 Å². The highest BCUT2D eigenvalue weighted by atomic mass is 19.3. The van der Waals surface area contributed by atoms with Crippen LogP contribution in [0.25, 0.3) is 0 Å². The number of alkyl halides is 2. The Balaban J connectivity index is 2.11. The molecule has 1 aromatic heterocycles. The smallest absolute Gasteiger partial charge is 0.251 e. The summed E-state index contributed by atoms with van der Waals surface area (Å²) in [6.07, 6.45) is 1.57. The van der Waals surface area contributed by atoms with E-state index in [0.717, 1.165) is 11.4 Å². The number of nitrogens with zero attached hydrogens (tertiary/aromatic N) is 2. The molecule has 2 rings (SSSR count). The maximum Gasteiger partial charge on any atom is 0.251 e. The monoisotopic (exact) mass is 212 g/mol. The molecule has 2 nitrogen and oxygen atoms in total. The molecular weight excluding hydrogens is 198 g/mol. The maximum atomic E-state index is 12.9. The van der Waals surface area contributed by atoms with Gasteiger partial charge < -0.3 is 4.90 Å². The lowest BCUT2D eigenvalue weighted by Gasteiger charge is -2.33. The Morgan fingerprint density at radius 2 is 2.00 bits per heavy atom. The van der Waals surface area contributed by atoms with E-state index in [0.29, 0.717) is 13.1 Å². The first-order chi connectivity index (χ1) is 7.08. The van der Waals surface area contributed by atoms with Crippen LogP contribution in [0.2, 0.25) is 0 Å². The van der Waals surface area contributed by atoms with Crippen molar-refractivity contribution in [1.82, 2.24) is 4.98 Å². The van der Waals surface area contributed by atoms with Crippen LogP contribution in [0.15, 0.2) is 18.3 Å². The number of pyridine rings is 1. The standard InChI is InChI=1S/C11H14F2N2/c1-9-3-2-6-14-10(9)15-7-4-11(12,13)5-8-15/h2-3,6H,4-5,7-8H2,1H3. The Kier molecular flexibility index (Phi) is 2.59. The van der Waals surface area contributed by atoms with Crippen molar-refractivity contribution in [3.05, 3.63) is 23.9 Å². The molecule has 0 radical (unpaired) electrons. The fourth-order valence-corrected chi connectivity index (χ4v) is 1.85. The van der Waals surface area contributed by atoms with Gasteiger partial charge in [0.2, 0.25) is 0 Å². The van der Waals surface area contributed by atoms with Gasteiger partial charge in [0.1, 0.15) is 5.82 Å². The van der Waals surface area contributed by atoms with Crippen LogP contribution in [0, 0.1) is 6.92 Å². The Morgan fingerprint density at radius 3 is 2.60 bits per heavy atom. The molecule has 0 aliphatic carbocycles. The van der Waals surface area contributed by atoms with Crippen LogP contribution >= 0.6 is 0 Å². The maximum absolute atomic E-state index is 12.9. The Bertz CT molecular complexity index is 342. The van der Waals surface area contributed by atoms with E-state index in [4.69, 9.17) is 0 Å². The van der Waals surface area contributed by atoms with Crippen molar-refractivity contribution in [2.45, 2.75) is 25.7 Å². The van der Waals surface area contributed by atoms with E-state index in [9.17, 15) is 8.78 Å². The van der Waals surface area contributed by atoms with Crippen molar-refractivity contribution in [1.29, 1.82) is 0 Å². The highest BCUT2D eigenvalue weighted by molar-refractivity contribution is 5.46. The predicted molar refractivity (Wildman–Crippen MR) is 55.4 cm³/mol. The first-order valence-corrected chi connectivity index (χ1v) is 5.13. The van der Waals surface area contributed by atoms with Gasteiger partial charge in [-0.25, -0.2) is 13.8 Å². The zero-order chi connectivity index (χ0) is 10.9. The molecule has 0 saturated carbocycles. The van der Waals surface area contributed by atoms with Gasteiger partial charge in [-0.05, 0) is 18.6 Å². The number of halogens is 2. The summed E-state index contributed by atoms with van der Waals surface area (Å²) in [7, 11) is 0. The lowest BCUT2D eigenvalue weighted by molar-refractivity contribution is -0.0221. The molecular formula is C11H14F2N2. The molecule has 0 atom stereocenters. The van der Waals surface area contributed by atoms with Gasteiger partial charge in [-0.2, -0.15) is 0 Å². The molecule has 0 amide bonds. The van der Waals surface area contributed by atoms with E-state index in [2.05, 4.69) is 4.98 Å². The molecule has 0 bridgehead atoms. The van der Waals surface area contributed by atoms with Gasteiger partial charge in [0.15, 0.2) is 0 Å². The van der Waals surface area contributed by atoms with E-state index in [1.54, 1.807) is 6.20 Å². The molecule has 1 aliphatic rings. The molecule has 4 heteroatoms. The first-order valence-electron chi connectivity index (χ1n) is 5.13. The molecule has 1 fully saturated rings. The summed E-state index contributed by atoms with van der Waals surface area (Å²) < 4.78 is 25.9. The molecule has 0 N–H and O–H groups in total. The van der Waals surface area contributed by atoms with E-state index >= 15 is 0 Å². The molecule has 1 aromatic rings.